The van der Waals surface area contributed by atoms with Crippen LogP contribution in [0.3, 0.4) is 0 Å². The van der Waals surface area contributed by atoms with Crippen LogP contribution in [0.2, 0.25) is 0 Å². The van der Waals surface area contributed by atoms with Gasteiger partial charge >= 0.3 is 5.97 Å². The number of nitrogens with one attached hydrogen (secondary N) is 2. The maximum absolute atomic E-state index is 11.7. The monoisotopic (exact) mass is 1720 g/mol. The summed E-state index contributed by atoms with van der Waals surface area (Å²) in [5.41, 5.74) is 5.78. The molecule has 18 aliphatic rings. The normalized spacial score (nSPS) is 29.6. The maximum atomic E-state index is 11.7. The highest BCUT2D eigenvalue weighted by molar-refractivity contribution is 5.98. The Morgan fingerprint density at radius 3 is 0.772 bits per heavy atom. The highest BCUT2D eigenvalue weighted by Crippen LogP contribution is 2.64. The summed E-state index contributed by atoms with van der Waals surface area (Å²) in [6, 6.07) is 6.21. The Morgan fingerprint density at radius 2 is 0.561 bits per heavy atom. The summed E-state index contributed by atoms with van der Waals surface area (Å²) in [4.78, 5) is 91.3. The molecule has 18 heteroatoms. The van der Waals surface area contributed by atoms with Crippen molar-refractivity contribution in [3.05, 3.63) is 12.3 Å². The smallest absolute Gasteiger partial charge is 0.309 e. The SMILES string of the molecule is C=C1CC2(CCN(C(C)C)CC2)N1.CC(=O)C1CC12CCN(C(C)C)CC2.CC(=O)C1CC12CCN(C(C)C)CC2.CC(=O)C1CC12CCN(C(C)C)CC2.CC(C)N1CCC2(CC1)CC(=O)NC(=O)C2.CC(C)N1CCC2(CC1)CC2.CC(C)N1CCC2(CCC2)CC1.CCC1CC12CCN(C(C)C)CC2.CCOC(=O)C1CC12CCN(C(C)C)CC2. The minimum Gasteiger partial charge on any atom is -0.466 e. The van der Waals surface area contributed by atoms with Crippen molar-refractivity contribution >= 4 is 35.1 Å². The molecule has 9 spiro atoms. The van der Waals surface area contributed by atoms with Gasteiger partial charge in [-0.3, -0.25) is 34.1 Å². The molecular weight excluding hydrogens is 1530 g/mol. The van der Waals surface area contributed by atoms with Crippen LogP contribution in [0.25, 0.3) is 0 Å². The Morgan fingerprint density at radius 1 is 0.325 bits per heavy atom. The van der Waals surface area contributed by atoms with E-state index < -0.39 is 0 Å². The second kappa shape index (κ2) is 43.4. The van der Waals surface area contributed by atoms with Gasteiger partial charge in [-0.05, 0) is 480 Å². The van der Waals surface area contributed by atoms with Gasteiger partial charge < -0.3 is 54.2 Å². The van der Waals surface area contributed by atoms with Gasteiger partial charge in [0.05, 0.1) is 12.5 Å². The fourth-order valence-corrected chi connectivity index (χ4v) is 25.2. The molecule has 5 atom stereocenters. The molecule has 7 aliphatic carbocycles. The lowest BCUT2D eigenvalue weighted by Gasteiger charge is -2.51. The summed E-state index contributed by atoms with van der Waals surface area (Å²) >= 11 is 0. The van der Waals surface area contributed by atoms with Crippen LogP contribution < -0.4 is 10.6 Å². The van der Waals surface area contributed by atoms with Crippen LogP contribution in [-0.2, 0) is 33.5 Å². The van der Waals surface area contributed by atoms with E-state index >= 15 is 0 Å². The van der Waals surface area contributed by atoms with Gasteiger partial charge in [0.15, 0.2) is 0 Å². The number of likely N-dealkylation sites (tertiary alicyclic amines) is 9. The van der Waals surface area contributed by atoms with Crippen LogP contribution >= 0.6 is 0 Å². The zero-order valence-electron chi connectivity index (χ0n) is 83.7. The standard InChI is InChI=1S/C13H23NO2.C12H20N2O2.3C12H21NO.C12H23N.C11H20N2.C11H21N.C10H19N/c1-4-16-12(15)11-9-13(11)5-7-14(8-6-13)10(2)3;1-9(2)14-5-3-12(4-6-14)7-10(15)13-11(16)8-12;3*1-9(2)13-6-4-12(5-7-13)8-11(12)10(3)14;1-4-11-9-12(11)5-7-13(8-6-12)10(2)3;1-9(2)13-6-4-11(5-7-13)8-10(3)12-11;1-10(2)12-8-6-11(7-9-12)4-3-5-11;1-9(2)11-7-5-10(3-4-10)6-8-11/h10-11H,4-9H2,1-3H3;9H,3-8H2,1-2H3,(H,13,15,16);3*9,11H,4-8H2,1-3H3;10-11H,4-9H2,1-3H3;9,12H,3-8H2,1-2H3;10H,3-9H2,1-2H3;9H,3-8H2,1-2H3. The number of nitrogens with zero attached hydrogens (tertiary/aromatic N) is 9. The number of imide groups is 1. The average molecular weight is 1720 g/mol. The number of Topliss-reactive ketones (excluding diaryl/α,β-unsaturated/α-hetero) is 3. The van der Waals surface area contributed by atoms with Crippen LogP contribution in [0.4, 0.5) is 0 Å². The van der Waals surface area contributed by atoms with E-state index in [1.165, 1.54) is 271 Å². The Labute approximate surface area is 753 Å². The number of piperidine rings is 10. The topological polar surface area (TPSA) is 165 Å². The van der Waals surface area contributed by atoms with Gasteiger partial charge in [0.2, 0.25) is 11.8 Å². The molecule has 0 aromatic heterocycles. The molecular formula is C105H189N11O7. The minimum atomic E-state index is -0.0887. The van der Waals surface area contributed by atoms with Gasteiger partial charge in [0, 0.05) is 116 Å². The van der Waals surface area contributed by atoms with Gasteiger partial charge in [0.1, 0.15) is 17.3 Å². The lowest BCUT2D eigenvalue weighted by Crippen LogP contribution is -2.60. The number of hydrogen-bond donors (Lipinski definition) is 2. The van der Waals surface area contributed by atoms with Crippen LogP contribution in [0.5, 0.6) is 0 Å². The van der Waals surface area contributed by atoms with Crippen molar-refractivity contribution in [1.29, 1.82) is 0 Å². The first kappa shape index (κ1) is 102. The molecule has 0 aromatic rings. The van der Waals surface area contributed by atoms with Crippen molar-refractivity contribution in [3.63, 3.8) is 0 Å². The molecule has 11 heterocycles. The average Bonchev–Trinajstić information content (AvgIpc) is 1.60. The molecule has 11 saturated heterocycles. The third kappa shape index (κ3) is 27.3. The molecule has 0 radical (unpaired) electrons. The summed E-state index contributed by atoms with van der Waals surface area (Å²) in [5, 5.41) is 5.89. The lowest BCUT2D eigenvalue weighted by atomic mass is 9.63. The molecule has 706 valence electrons. The van der Waals surface area contributed by atoms with Crippen molar-refractivity contribution in [3.8, 4) is 0 Å². The predicted molar refractivity (Wildman–Crippen MR) is 508 cm³/mol. The summed E-state index contributed by atoms with van der Waals surface area (Å²) in [7, 11) is 0. The van der Waals surface area contributed by atoms with Crippen molar-refractivity contribution in [1.82, 2.24) is 54.7 Å². The Hall–Kier alpha value is -3.20. The molecule has 123 heavy (non-hydrogen) atoms. The highest BCUT2D eigenvalue weighted by Gasteiger charge is 2.62. The molecule has 2 N–H and O–H groups in total. The van der Waals surface area contributed by atoms with E-state index in [1.54, 1.807) is 20.8 Å². The van der Waals surface area contributed by atoms with E-state index in [0.717, 1.165) is 85.7 Å². The van der Waals surface area contributed by atoms with Gasteiger partial charge in [-0.15, -0.1) is 0 Å². The number of ketones is 3. The van der Waals surface area contributed by atoms with Gasteiger partial charge in [-0.1, -0.05) is 26.3 Å². The first-order valence-corrected chi connectivity index (χ1v) is 51.6. The Bertz CT molecular complexity index is 3200. The van der Waals surface area contributed by atoms with Crippen LogP contribution in [0, 0.1) is 72.9 Å². The van der Waals surface area contributed by atoms with E-state index in [1.807, 2.05) is 6.92 Å². The third-order valence-corrected chi connectivity index (χ3v) is 36.2. The number of hydrogen-bond acceptors (Lipinski definition) is 17. The zero-order chi connectivity index (χ0) is 90.0. The summed E-state index contributed by atoms with van der Waals surface area (Å²) in [6.45, 7) is 77.0. The van der Waals surface area contributed by atoms with Gasteiger partial charge in [0.25, 0.3) is 0 Å². The predicted octanol–water partition coefficient (Wildman–Crippen LogP) is 18.8. The lowest BCUT2D eigenvalue weighted by molar-refractivity contribution is -0.146. The largest absolute Gasteiger partial charge is 0.466 e. The molecule has 5 unspecified atom stereocenters. The van der Waals surface area contributed by atoms with E-state index in [4.69, 9.17) is 4.74 Å². The molecule has 18 nitrogen and oxygen atoms in total. The second-order valence-electron chi connectivity index (χ2n) is 46.8. The van der Waals surface area contributed by atoms with E-state index in [0.29, 0.717) is 118 Å². The van der Waals surface area contributed by atoms with Crippen LogP contribution in [0.15, 0.2) is 12.3 Å². The molecule has 18 rings (SSSR count). The zero-order valence-corrected chi connectivity index (χ0v) is 83.7. The number of esters is 1. The molecule has 0 bridgehead atoms. The molecule has 2 amide bonds. The first-order chi connectivity index (χ1) is 58.0. The van der Waals surface area contributed by atoms with Crippen LogP contribution in [-0.4, -0.2) is 264 Å². The van der Waals surface area contributed by atoms with E-state index in [9.17, 15) is 28.8 Å². The van der Waals surface area contributed by atoms with Crippen LogP contribution in [0.1, 0.15) is 365 Å². The second-order valence-corrected chi connectivity index (χ2v) is 46.8. The maximum Gasteiger partial charge on any atom is 0.309 e. The van der Waals surface area contributed by atoms with Gasteiger partial charge in [-0.25, -0.2) is 0 Å². The van der Waals surface area contributed by atoms with Crippen molar-refractivity contribution in [2.45, 2.75) is 425 Å². The minimum absolute atomic E-state index is 0.0369. The summed E-state index contributed by atoms with van der Waals surface area (Å²) in [6.07, 6.45) is 40.7. The van der Waals surface area contributed by atoms with E-state index in [2.05, 4.69) is 193 Å². The van der Waals surface area contributed by atoms with Crippen molar-refractivity contribution in [2.75, 3.05) is 124 Å². The highest BCUT2D eigenvalue weighted by atomic mass is 16.5. The number of amides is 2. The molecule has 0 aromatic carbocycles. The van der Waals surface area contributed by atoms with Gasteiger partial charge in [-0.2, -0.15) is 0 Å². The first-order valence-electron chi connectivity index (χ1n) is 51.6. The third-order valence-electron chi connectivity index (χ3n) is 36.2. The van der Waals surface area contributed by atoms with Crippen molar-refractivity contribution in [2.24, 2.45) is 72.9 Å². The quantitative estimate of drug-likeness (QED) is 0.117. The van der Waals surface area contributed by atoms with Crippen molar-refractivity contribution < 1.29 is 33.5 Å². The molecule has 11 aliphatic heterocycles. The Balaban J connectivity index is 0.000000145. The molecule has 7 saturated carbocycles. The number of carbonyl (C=O) groups is 6. The summed E-state index contributed by atoms with van der Waals surface area (Å²) < 4.78 is 5.12. The fraction of sp³-hybridized carbons (Fsp3) is 0.924. The molecule has 18 fully saturated rings. The number of ether oxygens (including phenoxy) is 1. The summed E-state index contributed by atoms with van der Waals surface area (Å²) in [5.74, 6) is 3.66. The Kier molecular flexibility index (Phi) is 36.0. The fourth-order valence-electron chi connectivity index (χ4n) is 25.2. The number of carbonyl (C=O) groups excluding carboxylic acids is 6. The number of rotatable bonds is 15. The van der Waals surface area contributed by atoms with E-state index in [-0.39, 0.29) is 29.1 Å².